The number of carbonyl (C=O) groups excluding carboxylic acids is 1. The van der Waals surface area contributed by atoms with Gasteiger partial charge in [-0.2, -0.15) is 0 Å². The number of nitrogens with one attached hydrogen (secondary N) is 2. The first-order valence-electron chi connectivity index (χ1n) is 6.52. The number of rotatable bonds is 5. The monoisotopic (exact) mass is 314 g/mol. The minimum atomic E-state index is -0.443. The van der Waals surface area contributed by atoms with Gasteiger partial charge in [0.2, 0.25) is 0 Å². The van der Waals surface area contributed by atoms with Gasteiger partial charge in [-0.3, -0.25) is 0 Å². The van der Waals surface area contributed by atoms with E-state index in [4.69, 9.17) is 28.6 Å². The molecule has 0 aliphatic rings. The summed E-state index contributed by atoms with van der Waals surface area (Å²) in [6.07, 6.45) is 0.969. The average Bonchev–Trinajstić information content (AvgIpc) is 2.40. The van der Waals surface area contributed by atoms with E-state index < -0.39 is 5.97 Å². The van der Waals surface area contributed by atoms with Gasteiger partial charge in [0.25, 0.3) is 0 Å². The second-order valence-electron chi connectivity index (χ2n) is 4.32. The van der Waals surface area contributed by atoms with Gasteiger partial charge in [-0.05, 0) is 50.7 Å². The molecule has 110 valence electrons. The van der Waals surface area contributed by atoms with Crippen LogP contribution in [0.25, 0.3) is 0 Å². The van der Waals surface area contributed by atoms with E-state index in [1.807, 2.05) is 6.92 Å². The summed E-state index contributed by atoms with van der Waals surface area (Å²) >= 11 is 11.2. The molecular formula is C14H19ClN2O2S. The minimum Gasteiger partial charge on any atom is -0.462 e. The maximum absolute atomic E-state index is 11.7. The summed E-state index contributed by atoms with van der Waals surface area (Å²) in [5.41, 5.74) is 1.02. The van der Waals surface area contributed by atoms with Crippen LogP contribution in [-0.2, 0) is 4.74 Å². The van der Waals surface area contributed by atoms with E-state index in [1.165, 1.54) is 0 Å². The third-order valence-electron chi connectivity index (χ3n) is 2.71. The van der Waals surface area contributed by atoms with Gasteiger partial charge in [0.05, 0.1) is 17.2 Å². The summed E-state index contributed by atoms with van der Waals surface area (Å²) in [4.78, 5) is 11.7. The van der Waals surface area contributed by atoms with Crippen LogP contribution < -0.4 is 10.6 Å². The Balaban J connectivity index is 2.79. The molecule has 0 radical (unpaired) electrons. The third kappa shape index (κ3) is 4.98. The molecule has 0 bridgehead atoms. The second-order valence-corrected chi connectivity index (χ2v) is 5.14. The highest BCUT2D eigenvalue weighted by Gasteiger charge is 2.12. The molecule has 0 fully saturated rings. The van der Waals surface area contributed by atoms with Crippen LogP contribution >= 0.6 is 23.8 Å². The predicted molar refractivity (Wildman–Crippen MR) is 86.5 cm³/mol. The Labute approximate surface area is 129 Å². The van der Waals surface area contributed by atoms with Crippen LogP contribution in [0.4, 0.5) is 5.69 Å². The van der Waals surface area contributed by atoms with Gasteiger partial charge in [0.15, 0.2) is 5.11 Å². The summed E-state index contributed by atoms with van der Waals surface area (Å²) in [5, 5.41) is 7.03. The molecule has 0 unspecified atom stereocenters. The van der Waals surface area contributed by atoms with Gasteiger partial charge < -0.3 is 15.4 Å². The molecule has 0 heterocycles. The largest absolute Gasteiger partial charge is 0.462 e. The van der Waals surface area contributed by atoms with Crippen LogP contribution in [0.5, 0.6) is 0 Å². The van der Waals surface area contributed by atoms with Crippen LogP contribution in [0.2, 0.25) is 5.02 Å². The molecule has 6 heteroatoms. The number of esters is 1. The summed E-state index contributed by atoms with van der Waals surface area (Å²) in [7, 11) is 0. The van der Waals surface area contributed by atoms with Crippen LogP contribution in [0.1, 0.15) is 37.6 Å². The molecule has 1 atom stereocenters. The number of carbonyl (C=O) groups is 1. The lowest BCUT2D eigenvalue weighted by Gasteiger charge is -2.16. The fourth-order valence-electron chi connectivity index (χ4n) is 1.46. The number of thiocarbonyl (C=S) groups is 1. The smallest absolute Gasteiger partial charge is 0.339 e. The normalized spacial score (nSPS) is 11.6. The lowest BCUT2D eigenvalue weighted by Crippen LogP contribution is -2.35. The van der Waals surface area contributed by atoms with Crippen LogP contribution in [0.15, 0.2) is 18.2 Å². The molecule has 2 N–H and O–H groups in total. The van der Waals surface area contributed by atoms with Gasteiger partial charge in [-0.1, -0.05) is 18.5 Å². The lowest BCUT2D eigenvalue weighted by molar-refractivity contribution is 0.0526. The van der Waals surface area contributed by atoms with Gasteiger partial charge in [-0.25, -0.2) is 4.79 Å². The van der Waals surface area contributed by atoms with Crippen molar-refractivity contribution >= 4 is 40.6 Å². The van der Waals surface area contributed by atoms with Crippen LogP contribution in [-0.4, -0.2) is 23.7 Å². The molecule has 1 aromatic carbocycles. The molecule has 4 nitrogen and oxygen atoms in total. The van der Waals surface area contributed by atoms with Crippen molar-refractivity contribution in [2.24, 2.45) is 0 Å². The highest BCUT2D eigenvalue weighted by molar-refractivity contribution is 7.80. The Kier molecular flexibility index (Phi) is 6.75. The highest BCUT2D eigenvalue weighted by atomic mass is 35.5. The minimum absolute atomic E-state index is 0.284. The molecule has 1 rings (SSSR count). The van der Waals surface area contributed by atoms with Crippen LogP contribution in [0.3, 0.4) is 0 Å². The van der Waals surface area contributed by atoms with Crippen molar-refractivity contribution in [3.05, 3.63) is 28.8 Å². The number of benzene rings is 1. The maximum Gasteiger partial charge on any atom is 0.339 e. The molecule has 0 amide bonds. The third-order valence-corrected chi connectivity index (χ3v) is 3.26. The zero-order valence-electron chi connectivity index (χ0n) is 11.8. The van der Waals surface area contributed by atoms with Gasteiger partial charge in [0.1, 0.15) is 0 Å². The van der Waals surface area contributed by atoms with Crippen molar-refractivity contribution in [1.29, 1.82) is 0 Å². The quantitative estimate of drug-likeness (QED) is 0.642. The highest BCUT2D eigenvalue weighted by Crippen LogP contribution is 2.21. The van der Waals surface area contributed by atoms with E-state index >= 15 is 0 Å². The fourth-order valence-corrected chi connectivity index (χ4v) is 1.98. The molecule has 1 aromatic rings. The number of anilines is 1. The summed E-state index contributed by atoms with van der Waals surface area (Å²) in [6.45, 7) is 6.17. The average molecular weight is 315 g/mol. The van der Waals surface area contributed by atoms with Crippen molar-refractivity contribution in [3.8, 4) is 0 Å². The summed E-state index contributed by atoms with van der Waals surface area (Å²) < 4.78 is 4.95. The van der Waals surface area contributed by atoms with Crippen molar-refractivity contribution in [1.82, 2.24) is 5.32 Å². The summed E-state index contributed by atoms with van der Waals surface area (Å²) in [5.74, 6) is -0.443. The molecule has 0 saturated carbocycles. The number of ether oxygens (including phenoxy) is 1. The van der Waals surface area contributed by atoms with E-state index in [0.717, 1.165) is 6.42 Å². The molecule has 0 saturated heterocycles. The number of halogens is 1. The van der Waals surface area contributed by atoms with Gasteiger partial charge in [0, 0.05) is 11.7 Å². The predicted octanol–water partition coefficient (Wildman–Crippen LogP) is 3.60. The number of hydrogen-bond acceptors (Lipinski definition) is 3. The Morgan fingerprint density at radius 3 is 2.75 bits per heavy atom. The Hall–Kier alpha value is -1.33. The molecule has 0 aromatic heterocycles. The maximum atomic E-state index is 11.7. The Bertz CT molecular complexity index is 494. The van der Waals surface area contributed by atoms with Crippen LogP contribution in [0, 0.1) is 0 Å². The van der Waals surface area contributed by atoms with E-state index in [-0.39, 0.29) is 6.04 Å². The molecular weight excluding hydrogens is 296 g/mol. The molecule has 20 heavy (non-hydrogen) atoms. The van der Waals surface area contributed by atoms with Crippen molar-refractivity contribution in [3.63, 3.8) is 0 Å². The molecule has 0 aliphatic carbocycles. The fraction of sp³-hybridized carbons (Fsp3) is 0.429. The topological polar surface area (TPSA) is 50.4 Å². The van der Waals surface area contributed by atoms with E-state index in [9.17, 15) is 4.79 Å². The zero-order valence-corrected chi connectivity index (χ0v) is 13.4. The second kappa shape index (κ2) is 8.07. The van der Waals surface area contributed by atoms with E-state index in [2.05, 4.69) is 17.6 Å². The Morgan fingerprint density at radius 2 is 2.15 bits per heavy atom. The van der Waals surface area contributed by atoms with Gasteiger partial charge >= 0.3 is 5.97 Å². The lowest BCUT2D eigenvalue weighted by atomic mass is 10.2. The van der Waals surface area contributed by atoms with Crippen molar-refractivity contribution in [2.45, 2.75) is 33.2 Å². The van der Waals surface area contributed by atoms with E-state index in [0.29, 0.717) is 28.0 Å². The summed E-state index contributed by atoms with van der Waals surface area (Å²) in [6, 6.07) is 5.31. The standard InChI is InChI=1S/C14H19ClN2O2S/c1-4-9(3)16-14(20)17-10-6-7-12(15)11(8-10)13(18)19-5-2/h6-9H,4-5H2,1-3H3,(H2,16,17,20)/t9-/m1/s1. The number of hydrogen-bond donors (Lipinski definition) is 2. The zero-order chi connectivity index (χ0) is 15.1. The first-order valence-corrected chi connectivity index (χ1v) is 7.30. The van der Waals surface area contributed by atoms with Crippen molar-refractivity contribution in [2.75, 3.05) is 11.9 Å². The first-order chi connectivity index (χ1) is 9.47. The van der Waals surface area contributed by atoms with E-state index in [1.54, 1.807) is 25.1 Å². The molecule has 0 aliphatic heterocycles. The SMILES string of the molecule is CCOC(=O)c1cc(NC(=S)N[C@H](C)CC)ccc1Cl. The van der Waals surface area contributed by atoms with Gasteiger partial charge in [-0.15, -0.1) is 0 Å². The van der Waals surface area contributed by atoms with Crippen molar-refractivity contribution < 1.29 is 9.53 Å². The first kappa shape index (κ1) is 16.7. The Morgan fingerprint density at radius 1 is 1.45 bits per heavy atom. The molecule has 0 spiro atoms.